The van der Waals surface area contributed by atoms with E-state index in [0.29, 0.717) is 19.0 Å². The van der Waals surface area contributed by atoms with Crippen LogP contribution in [0.4, 0.5) is 0 Å². The van der Waals surface area contributed by atoms with Crippen molar-refractivity contribution in [2.75, 3.05) is 13.7 Å². The molecule has 1 heterocycles. The summed E-state index contributed by atoms with van der Waals surface area (Å²) in [4.78, 5) is 4.52. The first-order valence-corrected chi connectivity index (χ1v) is 7.96. The van der Waals surface area contributed by atoms with E-state index in [4.69, 9.17) is 9.47 Å². The summed E-state index contributed by atoms with van der Waals surface area (Å²) in [6.07, 6.45) is 0. The highest BCUT2D eigenvalue weighted by Gasteiger charge is 2.11. The fourth-order valence-corrected chi connectivity index (χ4v) is 2.73. The van der Waals surface area contributed by atoms with E-state index in [1.807, 2.05) is 28.8 Å². The SMILES string of the molecule is COc1ccc(OCCn2c(CO)nc3cc(C)c(C)cc32)cc1. The molecule has 0 spiro atoms. The molecule has 0 unspecified atom stereocenters. The fraction of sp³-hybridized carbons (Fsp3) is 0.316. The Balaban J connectivity index is 1.77. The van der Waals surface area contributed by atoms with Gasteiger partial charge in [0.05, 0.1) is 24.7 Å². The summed E-state index contributed by atoms with van der Waals surface area (Å²) in [6.45, 7) is 5.19. The summed E-state index contributed by atoms with van der Waals surface area (Å²) in [5, 5.41) is 9.59. The molecular formula is C19H22N2O3. The third-order valence-corrected chi connectivity index (χ3v) is 4.23. The first kappa shape index (κ1) is 16.3. The zero-order chi connectivity index (χ0) is 17.1. The molecule has 0 atom stereocenters. The van der Waals surface area contributed by atoms with E-state index in [-0.39, 0.29) is 6.61 Å². The molecule has 0 saturated heterocycles. The molecule has 2 aromatic carbocycles. The molecule has 0 saturated carbocycles. The van der Waals surface area contributed by atoms with E-state index in [2.05, 4.69) is 31.0 Å². The van der Waals surface area contributed by atoms with E-state index >= 15 is 0 Å². The number of imidazole rings is 1. The third-order valence-electron chi connectivity index (χ3n) is 4.23. The van der Waals surface area contributed by atoms with E-state index in [1.165, 1.54) is 11.1 Å². The normalized spacial score (nSPS) is 11.0. The lowest BCUT2D eigenvalue weighted by Gasteiger charge is -2.11. The topological polar surface area (TPSA) is 56.5 Å². The van der Waals surface area contributed by atoms with E-state index in [0.717, 1.165) is 22.5 Å². The quantitative estimate of drug-likeness (QED) is 0.755. The molecule has 3 aromatic rings. The number of benzene rings is 2. The van der Waals surface area contributed by atoms with Crippen molar-refractivity contribution >= 4 is 11.0 Å². The summed E-state index contributed by atoms with van der Waals surface area (Å²) >= 11 is 0. The lowest BCUT2D eigenvalue weighted by molar-refractivity contribution is 0.255. The lowest BCUT2D eigenvalue weighted by atomic mass is 10.1. The number of fused-ring (bicyclic) bond motifs is 1. The Morgan fingerprint density at radius 1 is 1.04 bits per heavy atom. The van der Waals surface area contributed by atoms with E-state index in [9.17, 15) is 5.11 Å². The van der Waals surface area contributed by atoms with Crippen LogP contribution in [0.2, 0.25) is 0 Å². The van der Waals surface area contributed by atoms with Gasteiger partial charge in [0.1, 0.15) is 30.5 Å². The third kappa shape index (κ3) is 3.21. The molecule has 5 nitrogen and oxygen atoms in total. The molecule has 0 radical (unpaired) electrons. The maximum absolute atomic E-state index is 9.59. The highest BCUT2D eigenvalue weighted by atomic mass is 16.5. The fourth-order valence-electron chi connectivity index (χ4n) is 2.73. The predicted molar refractivity (Wildman–Crippen MR) is 93.6 cm³/mol. The minimum atomic E-state index is -0.0880. The predicted octanol–water partition coefficient (Wildman–Crippen LogP) is 3.23. The maximum atomic E-state index is 9.59. The van der Waals surface area contributed by atoms with Crippen molar-refractivity contribution in [2.24, 2.45) is 0 Å². The number of hydrogen-bond donors (Lipinski definition) is 1. The summed E-state index contributed by atoms with van der Waals surface area (Å²) in [6, 6.07) is 11.7. The zero-order valence-electron chi connectivity index (χ0n) is 14.2. The van der Waals surface area contributed by atoms with Gasteiger partial charge in [0.2, 0.25) is 0 Å². The molecule has 0 aliphatic rings. The van der Waals surface area contributed by atoms with E-state index < -0.39 is 0 Å². The van der Waals surface area contributed by atoms with Crippen molar-refractivity contribution in [3.63, 3.8) is 0 Å². The first-order chi connectivity index (χ1) is 11.6. The van der Waals surface area contributed by atoms with Crippen LogP contribution in [0, 0.1) is 13.8 Å². The van der Waals surface area contributed by atoms with Gasteiger partial charge in [0.25, 0.3) is 0 Å². The van der Waals surface area contributed by atoms with Gasteiger partial charge in [-0.15, -0.1) is 0 Å². The summed E-state index contributed by atoms with van der Waals surface area (Å²) < 4.78 is 13.0. The van der Waals surface area contributed by atoms with Crippen LogP contribution in [0.3, 0.4) is 0 Å². The van der Waals surface area contributed by atoms with Gasteiger partial charge in [0.15, 0.2) is 0 Å². The maximum Gasteiger partial charge on any atom is 0.135 e. The molecule has 24 heavy (non-hydrogen) atoms. The monoisotopic (exact) mass is 326 g/mol. The van der Waals surface area contributed by atoms with Crippen LogP contribution < -0.4 is 9.47 Å². The molecule has 3 rings (SSSR count). The minimum absolute atomic E-state index is 0.0880. The molecule has 5 heteroatoms. The van der Waals surface area contributed by atoms with Gasteiger partial charge in [-0.3, -0.25) is 0 Å². The Bertz CT molecular complexity index is 838. The number of aliphatic hydroxyl groups is 1. The molecular weight excluding hydrogens is 304 g/mol. The van der Waals surface area contributed by atoms with Crippen molar-refractivity contribution in [1.29, 1.82) is 0 Å². The highest BCUT2D eigenvalue weighted by molar-refractivity contribution is 5.78. The Hall–Kier alpha value is -2.53. The van der Waals surface area contributed by atoms with Crippen molar-refractivity contribution in [3.05, 3.63) is 53.3 Å². The zero-order valence-corrected chi connectivity index (χ0v) is 14.2. The van der Waals surface area contributed by atoms with Crippen LogP contribution in [0.15, 0.2) is 36.4 Å². The molecule has 1 N–H and O–H groups in total. The lowest BCUT2D eigenvalue weighted by Crippen LogP contribution is -2.11. The van der Waals surface area contributed by atoms with Crippen LogP contribution in [0.5, 0.6) is 11.5 Å². The average molecular weight is 326 g/mol. The number of methoxy groups -OCH3 is 1. The minimum Gasteiger partial charge on any atom is -0.497 e. The van der Waals surface area contributed by atoms with Crippen LogP contribution >= 0.6 is 0 Å². The number of aliphatic hydroxyl groups excluding tert-OH is 1. The van der Waals surface area contributed by atoms with Crippen molar-refractivity contribution in [1.82, 2.24) is 9.55 Å². The molecule has 0 aliphatic carbocycles. The summed E-state index contributed by atoms with van der Waals surface area (Å²) in [5.41, 5.74) is 4.35. The van der Waals surface area contributed by atoms with Crippen LogP contribution in [0.1, 0.15) is 17.0 Å². The van der Waals surface area contributed by atoms with Gasteiger partial charge in [0, 0.05) is 0 Å². The van der Waals surface area contributed by atoms with Crippen LogP contribution in [0.25, 0.3) is 11.0 Å². The van der Waals surface area contributed by atoms with Gasteiger partial charge < -0.3 is 19.1 Å². The number of hydrogen-bond acceptors (Lipinski definition) is 4. The Labute approximate surface area is 141 Å². The van der Waals surface area contributed by atoms with Crippen molar-refractivity contribution in [3.8, 4) is 11.5 Å². The van der Waals surface area contributed by atoms with Gasteiger partial charge in [-0.25, -0.2) is 4.98 Å². The Morgan fingerprint density at radius 3 is 2.38 bits per heavy atom. The number of nitrogens with zero attached hydrogens (tertiary/aromatic N) is 2. The van der Waals surface area contributed by atoms with Crippen molar-refractivity contribution in [2.45, 2.75) is 27.0 Å². The van der Waals surface area contributed by atoms with Crippen LogP contribution in [-0.2, 0) is 13.2 Å². The number of ether oxygens (including phenoxy) is 2. The van der Waals surface area contributed by atoms with Crippen LogP contribution in [-0.4, -0.2) is 28.4 Å². The molecule has 0 aliphatic heterocycles. The summed E-state index contributed by atoms with van der Waals surface area (Å²) in [7, 11) is 1.64. The van der Waals surface area contributed by atoms with Gasteiger partial charge in [-0.05, 0) is 61.4 Å². The highest BCUT2D eigenvalue weighted by Crippen LogP contribution is 2.21. The number of rotatable bonds is 6. The van der Waals surface area contributed by atoms with Crippen molar-refractivity contribution < 1.29 is 14.6 Å². The number of aryl methyl sites for hydroxylation is 2. The largest absolute Gasteiger partial charge is 0.497 e. The summed E-state index contributed by atoms with van der Waals surface area (Å²) in [5.74, 6) is 2.25. The molecule has 0 fully saturated rings. The standard InChI is InChI=1S/C19H22N2O3/c1-13-10-17-18(11-14(13)2)21(19(12-22)20-17)8-9-24-16-6-4-15(23-3)5-7-16/h4-7,10-11,22H,8-9,12H2,1-3H3. The Morgan fingerprint density at radius 2 is 1.71 bits per heavy atom. The molecule has 1 aromatic heterocycles. The second kappa shape index (κ2) is 6.93. The average Bonchev–Trinajstić information content (AvgIpc) is 2.93. The van der Waals surface area contributed by atoms with Gasteiger partial charge in [-0.1, -0.05) is 0 Å². The van der Waals surface area contributed by atoms with Gasteiger partial charge >= 0.3 is 0 Å². The Kier molecular flexibility index (Phi) is 4.71. The molecule has 0 bridgehead atoms. The second-order valence-electron chi connectivity index (χ2n) is 5.79. The van der Waals surface area contributed by atoms with Gasteiger partial charge in [-0.2, -0.15) is 0 Å². The van der Waals surface area contributed by atoms with E-state index in [1.54, 1.807) is 7.11 Å². The second-order valence-corrected chi connectivity index (χ2v) is 5.79. The smallest absolute Gasteiger partial charge is 0.135 e. The first-order valence-electron chi connectivity index (χ1n) is 7.96. The number of aromatic nitrogens is 2. The molecule has 126 valence electrons. The molecule has 0 amide bonds.